The number of imidazole rings is 1. The van der Waals surface area contributed by atoms with Crippen molar-refractivity contribution >= 4 is 5.91 Å². The molecule has 1 fully saturated rings. The lowest BCUT2D eigenvalue weighted by molar-refractivity contribution is -0.123. The third-order valence-corrected chi connectivity index (χ3v) is 6.32. The summed E-state index contributed by atoms with van der Waals surface area (Å²) in [4.78, 5) is 17.6. The van der Waals surface area contributed by atoms with Gasteiger partial charge in [0, 0.05) is 24.9 Å². The van der Waals surface area contributed by atoms with Crippen molar-refractivity contribution < 1.29 is 4.79 Å². The molecule has 4 rings (SSSR count). The number of nitrogens with zero attached hydrogens (tertiary/aromatic N) is 2. The van der Waals surface area contributed by atoms with Crippen LogP contribution in [0.4, 0.5) is 0 Å². The Hall–Kier alpha value is -2.88. The van der Waals surface area contributed by atoms with E-state index in [0.717, 1.165) is 42.6 Å². The summed E-state index contributed by atoms with van der Waals surface area (Å²) < 4.78 is 2.29. The van der Waals surface area contributed by atoms with E-state index in [-0.39, 0.29) is 11.8 Å². The van der Waals surface area contributed by atoms with E-state index in [1.165, 1.54) is 0 Å². The monoisotopic (exact) mass is 373 g/mol. The Balaban J connectivity index is 1.80. The maximum atomic E-state index is 13.1. The largest absolute Gasteiger partial charge is 0.369 e. The van der Waals surface area contributed by atoms with E-state index in [1.807, 2.05) is 66.9 Å². The molecule has 4 nitrogen and oxygen atoms in total. The summed E-state index contributed by atoms with van der Waals surface area (Å²) in [6.45, 7) is 2.13. The highest BCUT2D eigenvalue weighted by molar-refractivity contribution is 5.91. The number of aromatic nitrogens is 2. The van der Waals surface area contributed by atoms with Crippen molar-refractivity contribution in [2.24, 2.45) is 11.7 Å². The van der Waals surface area contributed by atoms with Crippen molar-refractivity contribution in [2.75, 3.05) is 0 Å². The lowest BCUT2D eigenvalue weighted by Gasteiger charge is -2.37. The van der Waals surface area contributed by atoms with Crippen LogP contribution in [0.25, 0.3) is 0 Å². The topological polar surface area (TPSA) is 60.9 Å². The molecule has 4 heteroatoms. The first kappa shape index (κ1) is 18.5. The first-order valence-electron chi connectivity index (χ1n) is 10.1. The summed E-state index contributed by atoms with van der Waals surface area (Å²) in [6.07, 6.45) is 7.76. The van der Waals surface area contributed by atoms with Gasteiger partial charge in [0.1, 0.15) is 11.2 Å². The molecule has 3 aromatic rings. The predicted octanol–water partition coefficient (Wildman–Crippen LogP) is 4.26. The molecule has 0 unspecified atom stereocenters. The molecule has 1 aromatic heterocycles. The molecule has 2 aromatic carbocycles. The molecule has 28 heavy (non-hydrogen) atoms. The fourth-order valence-electron chi connectivity index (χ4n) is 5.08. The van der Waals surface area contributed by atoms with Gasteiger partial charge in [0.15, 0.2) is 0 Å². The first-order chi connectivity index (χ1) is 13.7. The Bertz CT molecular complexity index is 893. The number of benzene rings is 2. The van der Waals surface area contributed by atoms with Gasteiger partial charge < -0.3 is 10.3 Å². The van der Waals surface area contributed by atoms with Crippen LogP contribution in [-0.4, -0.2) is 15.5 Å². The van der Waals surface area contributed by atoms with Gasteiger partial charge in [0.2, 0.25) is 5.91 Å². The number of nitrogens with two attached hydrogens (primary N) is 1. The quantitative estimate of drug-likeness (QED) is 0.702. The number of primary amides is 1. The van der Waals surface area contributed by atoms with Crippen LogP contribution in [-0.2, 0) is 16.6 Å². The minimum absolute atomic E-state index is 0.145. The van der Waals surface area contributed by atoms with Gasteiger partial charge in [-0.3, -0.25) is 4.79 Å². The lowest BCUT2D eigenvalue weighted by atomic mass is 9.64. The standard InChI is InChI=1S/C24H27N3O/c1-2-22-26-15-16-27(22)21-14-13-20(17-21)24(23(25)28,18-9-5-3-6-10-18)19-11-7-4-8-12-19/h3-12,15-16,20-21H,2,13-14,17H2,1H3,(H2,25,28)/t20-,21+/m0/s1. The molecular formula is C24H27N3O. The molecule has 0 spiro atoms. The number of carbonyl (C=O) groups excluding carboxylic acids is 1. The molecule has 1 aliphatic carbocycles. The number of hydrogen-bond acceptors (Lipinski definition) is 2. The molecule has 1 heterocycles. The molecule has 0 saturated heterocycles. The SMILES string of the molecule is CCc1nccn1[C@@H]1CC[C@H](C(C(N)=O)(c2ccccc2)c2ccccc2)C1. The summed E-state index contributed by atoms with van der Waals surface area (Å²) in [5.41, 5.74) is 7.34. The third-order valence-electron chi connectivity index (χ3n) is 6.32. The van der Waals surface area contributed by atoms with Crippen LogP contribution in [0.2, 0.25) is 0 Å². The lowest BCUT2D eigenvalue weighted by Crippen LogP contribution is -2.47. The van der Waals surface area contributed by atoms with Crippen molar-refractivity contribution in [1.29, 1.82) is 0 Å². The van der Waals surface area contributed by atoms with Gasteiger partial charge in [-0.15, -0.1) is 0 Å². The number of rotatable bonds is 6. The van der Waals surface area contributed by atoms with Crippen LogP contribution in [0.15, 0.2) is 73.1 Å². The fraction of sp³-hybridized carbons (Fsp3) is 0.333. The number of hydrogen-bond donors (Lipinski definition) is 1. The Morgan fingerprint density at radius 3 is 2.21 bits per heavy atom. The Morgan fingerprint density at radius 2 is 1.68 bits per heavy atom. The third kappa shape index (κ3) is 2.93. The van der Waals surface area contributed by atoms with Crippen LogP contribution >= 0.6 is 0 Å². The van der Waals surface area contributed by atoms with Crippen molar-refractivity contribution in [3.8, 4) is 0 Å². The van der Waals surface area contributed by atoms with Crippen molar-refractivity contribution in [3.63, 3.8) is 0 Å². The van der Waals surface area contributed by atoms with E-state index in [0.29, 0.717) is 6.04 Å². The van der Waals surface area contributed by atoms with Gasteiger partial charge in [-0.05, 0) is 36.3 Å². The summed E-state index contributed by atoms with van der Waals surface area (Å²) in [5, 5.41) is 0. The zero-order valence-corrected chi connectivity index (χ0v) is 16.3. The van der Waals surface area contributed by atoms with E-state index >= 15 is 0 Å². The molecule has 1 saturated carbocycles. The molecule has 1 aliphatic rings. The minimum Gasteiger partial charge on any atom is -0.369 e. The normalized spacial score (nSPS) is 19.6. The fourth-order valence-corrected chi connectivity index (χ4v) is 5.08. The molecule has 0 radical (unpaired) electrons. The second-order valence-electron chi connectivity index (χ2n) is 7.67. The van der Waals surface area contributed by atoms with Crippen molar-refractivity contribution in [3.05, 3.63) is 90.0 Å². The summed E-state index contributed by atoms with van der Waals surface area (Å²) in [7, 11) is 0. The van der Waals surface area contributed by atoms with Gasteiger partial charge in [-0.1, -0.05) is 67.6 Å². The molecule has 2 atom stereocenters. The second-order valence-corrected chi connectivity index (χ2v) is 7.67. The van der Waals surface area contributed by atoms with E-state index in [1.54, 1.807) is 0 Å². The average molecular weight is 374 g/mol. The number of carbonyl (C=O) groups is 1. The maximum Gasteiger partial charge on any atom is 0.232 e. The summed E-state index contributed by atoms with van der Waals surface area (Å²) in [6, 6.07) is 20.5. The van der Waals surface area contributed by atoms with E-state index < -0.39 is 5.41 Å². The van der Waals surface area contributed by atoms with Gasteiger partial charge in [-0.25, -0.2) is 4.98 Å². The van der Waals surface area contributed by atoms with Gasteiger partial charge in [-0.2, -0.15) is 0 Å². The Morgan fingerprint density at radius 1 is 1.07 bits per heavy atom. The van der Waals surface area contributed by atoms with Crippen LogP contribution in [0.1, 0.15) is 49.2 Å². The van der Waals surface area contributed by atoms with Crippen molar-refractivity contribution in [2.45, 2.75) is 44.1 Å². The zero-order chi connectivity index (χ0) is 19.6. The highest BCUT2D eigenvalue weighted by Crippen LogP contribution is 2.50. The van der Waals surface area contributed by atoms with Gasteiger partial charge >= 0.3 is 0 Å². The van der Waals surface area contributed by atoms with Gasteiger partial charge in [0.05, 0.1) is 0 Å². The number of amides is 1. The van der Waals surface area contributed by atoms with Crippen LogP contribution in [0.5, 0.6) is 0 Å². The molecular weight excluding hydrogens is 346 g/mol. The number of aryl methyl sites for hydroxylation is 1. The minimum atomic E-state index is -0.815. The second kappa shape index (κ2) is 7.63. The van der Waals surface area contributed by atoms with E-state index in [9.17, 15) is 4.79 Å². The first-order valence-corrected chi connectivity index (χ1v) is 10.1. The summed E-state index contributed by atoms with van der Waals surface area (Å²) >= 11 is 0. The zero-order valence-electron chi connectivity index (χ0n) is 16.3. The molecule has 0 bridgehead atoms. The molecule has 1 amide bonds. The van der Waals surface area contributed by atoms with Crippen LogP contribution in [0, 0.1) is 5.92 Å². The highest BCUT2D eigenvalue weighted by atomic mass is 16.1. The Labute approximate surface area is 166 Å². The molecule has 0 aliphatic heterocycles. The van der Waals surface area contributed by atoms with Crippen molar-refractivity contribution in [1.82, 2.24) is 9.55 Å². The Kier molecular flexibility index (Phi) is 5.03. The smallest absolute Gasteiger partial charge is 0.232 e. The van der Waals surface area contributed by atoms with E-state index in [2.05, 4.69) is 22.7 Å². The van der Waals surface area contributed by atoms with E-state index in [4.69, 9.17) is 5.73 Å². The average Bonchev–Trinajstić information content (AvgIpc) is 3.39. The maximum absolute atomic E-state index is 13.1. The summed E-state index contributed by atoms with van der Waals surface area (Å²) in [5.74, 6) is 0.985. The van der Waals surface area contributed by atoms with Crippen LogP contribution in [0.3, 0.4) is 0 Å². The molecule has 2 N–H and O–H groups in total. The van der Waals surface area contributed by atoms with Gasteiger partial charge in [0.25, 0.3) is 0 Å². The predicted molar refractivity (Wildman–Crippen MR) is 111 cm³/mol. The molecule has 144 valence electrons. The highest BCUT2D eigenvalue weighted by Gasteiger charge is 2.50. The van der Waals surface area contributed by atoms with Crippen LogP contribution < -0.4 is 5.73 Å².